The van der Waals surface area contributed by atoms with Gasteiger partial charge < -0.3 is 25.4 Å². The Balaban J connectivity index is 1.60. The van der Waals surface area contributed by atoms with Gasteiger partial charge in [-0.25, -0.2) is 4.52 Å². The van der Waals surface area contributed by atoms with Gasteiger partial charge in [0.25, 0.3) is 5.91 Å². The van der Waals surface area contributed by atoms with Crippen molar-refractivity contribution in [2.24, 2.45) is 10.7 Å². The smallest absolute Gasteiger partial charge is 0.252 e. The van der Waals surface area contributed by atoms with E-state index in [1.54, 1.807) is 30.1 Å². The summed E-state index contributed by atoms with van der Waals surface area (Å²) in [6, 6.07) is 7.71. The van der Waals surface area contributed by atoms with Crippen LogP contribution in [0.25, 0.3) is 16.8 Å². The number of ether oxygens (including phenoxy) is 2. The van der Waals surface area contributed by atoms with Crippen LogP contribution in [0, 0.1) is 0 Å². The summed E-state index contributed by atoms with van der Waals surface area (Å²) in [5.74, 6) is 0.465. The lowest BCUT2D eigenvalue weighted by Crippen LogP contribution is -2.41. The zero-order valence-corrected chi connectivity index (χ0v) is 20.1. The second-order valence-corrected chi connectivity index (χ2v) is 8.79. The number of anilines is 1. The van der Waals surface area contributed by atoms with E-state index in [2.05, 4.69) is 10.4 Å². The molecule has 2 aliphatic rings. The number of benzene rings is 1. The maximum atomic E-state index is 12.9. The summed E-state index contributed by atoms with van der Waals surface area (Å²) >= 11 is 0. The number of nitrogens with two attached hydrogens (primary N) is 1. The average molecular weight is 476 g/mol. The molecule has 2 aromatic heterocycles. The predicted octanol–water partition coefficient (Wildman–Crippen LogP) is 2.77. The number of nitrogens with zero attached hydrogens (tertiary/aromatic N) is 5. The van der Waals surface area contributed by atoms with Crippen molar-refractivity contribution >= 4 is 28.6 Å². The number of rotatable bonds is 3. The molecule has 0 spiro atoms. The summed E-state index contributed by atoms with van der Waals surface area (Å²) in [4.78, 5) is 24.2. The molecule has 2 aliphatic heterocycles. The third-order valence-electron chi connectivity index (χ3n) is 6.57. The number of amides is 1. The van der Waals surface area contributed by atoms with Gasteiger partial charge in [0.15, 0.2) is 5.65 Å². The number of hydrogen-bond donors (Lipinski definition) is 2. The molecule has 4 heterocycles. The van der Waals surface area contributed by atoms with E-state index in [-0.39, 0.29) is 11.9 Å². The normalized spacial score (nSPS) is 21.0. The van der Waals surface area contributed by atoms with Crippen molar-refractivity contribution in [1.29, 1.82) is 0 Å². The van der Waals surface area contributed by atoms with Crippen LogP contribution >= 0.6 is 0 Å². The van der Waals surface area contributed by atoms with E-state index in [0.29, 0.717) is 37.6 Å². The first-order valence-electron chi connectivity index (χ1n) is 11.6. The molecule has 10 heteroatoms. The molecular weight excluding hydrogens is 446 g/mol. The van der Waals surface area contributed by atoms with Crippen LogP contribution in [-0.2, 0) is 9.53 Å². The second kappa shape index (κ2) is 9.38. The molecule has 1 aromatic carbocycles. The highest BCUT2D eigenvalue weighted by Gasteiger charge is 2.39. The van der Waals surface area contributed by atoms with E-state index >= 15 is 0 Å². The molecule has 5 rings (SSSR count). The quantitative estimate of drug-likeness (QED) is 0.559. The van der Waals surface area contributed by atoms with Crippen molar-refractivity contribution in [1.82, 2.24) is 19.5 Å². The first-order valence-corrected chi connectivity index (χ1v) is 11.6. The van der Waals surface area contributed by atoms with Gasteiger partial charge >= 0.3 is 0 Å². The largest absolute Gasteiger partial charge is 0.475 e. The third-order valence-corrected chi connectivity index (χ3v) is 6.57. The average Bonchev–Trinajstić information content (AvgIpc) is 3.42. The molecule has 4 bridgehead atoms. The van der Waals surface area contributed by atoms with Gasteiger partial charge in [-0.1, -0.05) is 0 Å². The summed E-state index contributed by atoms with van der Waals surface area (Å²) in [5, 5.41) is 7.93. The minimum atomic E-state index is -0.456. The number of aromatic nitrogens is 3. The molecule has 3 aromatic rings. The minimum absolute atomic E-state index is 0.0183. The maximum Gasteiger partial charge on any atom is 0.252 e. The van der Waals surface area contributed by atoms with E-state index in [1.807, 2.05) is 43.1 Å². The van der Waals surface area contributed by atoms with E-state index in [9.17, 15) is 4.79 Å². The fourth-order valence-electron chi connectivity index (χ4n) is 4.46. The number of allylic oxidation sites excluding steroid dienone is 1. The van der Waals surface area contributed by atoms with Gasteiger partial charge in [0, 0.05) is 55.8 Å². The van der Waals surface area contributed by atoms with Crippen LogP contribution in [0.1, 0.15) is 20.3 Å². The highest BCUT2D eigenvalue weighted by atomic mass is 16.5. The standard InChI is InChI=1S/C25H29N7O3/c1-15(12-26)16(2)29-19-9-17-8-18(10-19)27-5-7-31-20(11-22(34-3)25(31)33)14-35-23-4-6-32-24(30-23)21(17)13-28-32/h4,6,8-10,12-13,20,22,27H,5,7,11,14,26H2,1-3H3/b15-12-,29-16?/t20-,22+/m0/s1. The topological polar surface area (TPSA) is 119 Å². The molecule has 3 N–H and O–H groups in total. The Labute approximate surface area is 203 Å². The van der Waals surface area contributed by atoms with E-state index in [0.717, 1.165) is 33.8 Å². The van der Waals surface area contributed by atoms with Gasteiger partial charge in [0.05, 0.1) is 17.9 Å². The molecular formula is C25H29N7O3. The molecule has 0 unspecified atom stereocenters. The monoisotopic (exact) mass is 475 g/mol. The Kier molecular flexibility index (Phi) is 6.12. The number of fused-ring (bicyclic) bond motifs is 5. The van der Waals surface area contributed by atoms with E-state index < -0.39 is 6.10 Å². The molecule has 1 fully saturated rings. The number of hydrogen-bond acceptors (Lipinski definition) is 8. The highest BCUT2D eigenvalue weighted by molar-refractivity contribution is 5.99. The summed E-state index contributed by atoms with van der Waals surface area (Å²) in [6.45, 7) is 5.29. The molecule has 0 saturated carbocycles. The summed E-state index contributed by atoms with van der Waals surface area (Å²) < 4.78 is 13.2. The van der Waals surface area contributed by atoms with Gasteiger partial charge in [-0.2, -0.15) is 10.1 Å². The summed E-state index contributed by atoms with van der Waals surface area (Å²) in [7, 11) is 1.57. The first-order chi connectivity index (χ1) is 17.0. The van der Waals surface area contributed by atoms with Crippen molar-refractivity contribution < 1.29 is 14.3 Å². The lowest BCUT2D eigenvalue weighted by Gasteiger charge is -2.25. The Morgan fingerprint density at radius 3 is 3.00 bits per heavy atom. The molecule has 0 aliphatic carbocycles. The number of methoxy groups -OCH3 is 1. The van der Waals surface area contributed by atoms with Gasteiger partial charge in [0.1, 0.15) is 12.7 Å². The Morgan fingerprint density at radius 2 is 2.20 bits per heavy atom. The molecule has 0 radical (unpaired) electrons. The van der Waals surface area contributed by atoms with Crippen molar-refractivity contribution in [2.45, 2.75) is 32.4 Å². The Morgan fingerprint density at radius 1 is 1.34 bits per heavy atom. The number of carbonyl (C=O) groups excluding carboxylic acids is 1. The van der Waals surface area contributed by atoms with Crippen LogP contribution in [-0.4, -0.2) is 70.1 Å². The van der Waals surface area contributed by atoms with Gasteiger partial charge in [0.2, 0.25) is 5.88 Å². The third kappa shape index (κ3) is 4.44. The van der Waals surface area contributed by atoms with Crippen LogP contribution in [0.15, 0.2) is 53.4 Å². The number of carbonyl (C=O) groups is 1. The Hall–Kier alpha value is -3.92. The van der Waals surface area contributed by atoms with Crippen LogP contribution < -0.4 is 15.8 Å². The molecule has 182 valence electrons. The zero-order valence-electron chi connectivity index (χ0n) is 20.1. The SMILES string of the molecule is CO[C@@H]1C[C@H]2COc3ccn4ncc(c4n3)-c3cc(N=C(C)/C(C)=C\N)cc(c3)NCCN2C1=O. The molecule has 35 heavy (non-hydrogen) atoms. The molecule has 1 amide bonds. The van der Waals surface area contributed by atoms with Crippen molar-refractivity contribution in [3.63, 3.8) is 0 Å². The Bertz CT molecular complexity index is 1330. The lowest BCUT2D eigenvalue weighted by atomic mass is 10.1. The predicted molar refractivity (Wildman–Crippen MR) is 134 cm³/mol. The summed E-state index contributed by atoms with van der Waals surface area (Å²) in [6.07, 6.45) is 5.29. The number of aliphatic imine (C=N–C) groups is 1. The molecule has 10 nitrogen and oxygen atoms in total. The van der Waals surface area contributed by atoms with Gasteiger partial charge in [-0.05, 0) is 49.4 Å². The molecule has 2 atom stereocenters. The number of nitrogens with one attached hydrogen (secondary N) is 1. The van der Waals surface area contributed by atoms with Gasteiger partial charge in [-0.3, -0.25) is 9.79 Å². The van der Waals surface area contributed by atoms with Crippen molar-refractivity contribution in [3.8, 4) is 17.0 Å². The van der Waals surface area contributed by atoms with Crippen LogP contribution in [0.3, 0.4) is 0 Å². The molecule has 1 saturated heterocycles. The fourth-order valence-corrected chi connectivity index (χ4v) is 4.46. The van der Waals surface area contributed by atoms with Crippen LogP contribution in [0.5, 0.6) is 5.88 Å². The van der Waals surface area contributed by atoms with Gasteiger partial charge in [-0.15, -0.1) is 0 Å². The zero-order chi connectivity index (χ0) is 24.5. The van der Waals surface area contributed by atoms with Crippen molar-refractivity contribution in [2.75, 3.05) is 32.1 Å². The van der Waals surface area contributed by atoms with E-state index in [1.165, 1.54) is 0 Å². The second-order valence-electron chi connectivity index (χ2n) is 8.79. The first kappa shape index (κ1) is 22.9. The fraction of sp³-hybridized carbons (Fsp3) is 0.360. The minimum Gasteiger partial charge on any atom is -0.475 e. The lowest BCUT2D eigenvalue weighted by molar-refractivity contribution is -0.136. The van der Waals surface area contributed by atoms with Crippen molar-refractivity contribution in [3.05, 3.63) is 48.4 Å². The summed E-state index contributed by atoms with van der Waals surface area (Å²) in [5.41, 5.74) is 11.5. The van der Waals surface area contributed by atoms with E-state index in [4.69, 9.17) is 25.2 Å². The highest BCUT2D eigenvalue weighted by Crippen LogP contribution is 2.32. The van der Waals surface area contributed by atoms with Crippen LogP contribution in [0.2, 0.25) is 0 Å². The maximum absolute atomic E-state index is 12.9. The van der Waals surface area contributed by atoms with Crippen LogP contribution in [0.4, 0.5) is 11.4 Å².